The molecule has 5 nitrogen and oxygen atoms in total. The minimum Gasteiger partial charge on any atom is -0.382 e. The van der Waals surface area contributed by atoms with Crippen molar-refractivity contribution in [3.05, 3.63) is 28.8 Å². The largest absolute Gasteiger partial charge is 0.416 e. The fraction of sp³-hybridized carbons (Fsp3) is 0.500. The van der Waals surface area contributed by atoms with Gasteiger partial charge in [-0.15, -0.1) is 0 Å². The van der Waals surface area contributed by atoms with Crippen molar-refractivity contribution >= 4 is 21.6 Å². The van der Waals surface area contributed by atoms with Gasteiger partial charge in [-0.25, -0.2) is 13.1 Å². The first kappa shape index (κ1) is 19.2. The Balaban J connectivity index is 2.76. The second kappa shape index (κ2) is 8.11. The van der Waals surface area contributed by atoms with Crippen molar-refractivity contribution in [2.45, 2.75) is 11.1 Å². The van der Waals surface area contributed by atoms with Gasteiger partial charge in [0, 0.05) is 13.7 Å². The summed E-state index contributed by atoms with van der Waals surface area (Å²) in [7, 11) is -2.67. The predicted molar refractivity (Wildman–Crippen MR) is 74.3 cm³/mol. The summed E-state index contributed by atoms with van der Waals surface area (Å²) in [5.74, 6) is 0. The molecule has 0 atom stereocenters. The highest BCUT2D eigenvalue weighted by atomic mass is 35.5. The Morgan fingerprint density at radius 3 is 2.50 bits per heavy atom. The molecular formula is C12H15ClF3NO4S. The number of sulfonamides is 1. The maximum atomic E-state index is 12.6. The van der Waals surface area contributed by atoms with Crippen molar-refractivity contribution < 1.29 is 31.1 Å². The molecule has 0 aromatic heterocycles. The molecule has 0 fully saturated rings. The van der Waals surface area contributed by atoms with Crippen LogP contribution in [0.4, 0.5) is 13.2 Å². The summed E-state index contributed by atoms with van der Waals surface area (Å²) in [6, 6.07) is 2.11. The number of benzene rings is 1. The van der Waals surface area contributed by atoms with E-state index in [1.54, 1.807) is 0 Å². The summed E-state index contributed by atoms with van der Waals surface area (Å²) in [6.45, 7) is 0.590. The lowest BCUT2D eigenvalue weighted by atomic mass is 10.2. The Morgan fingerprint density at radius 1 is 1.23 bits per heavy atom. The monoisotopic (exact) mass is 361 g/mol. The quantitative estimate of drug-likeness (QED) is 0.722. The molecule has 0 aliphatic carbocycles. The van der Waals surface area contributed by atoms with Crippen LogP contribution in [-0.2, 0) is 25.7 Å². The summed E-state index contributed by atoms with van der Waals surface area (Å²) >= 11 is 5.68. The van der Waals surface area contributed by atoms with Crippen LogP contribution >= 0.6 is 11.6 Å². The molecule has 0 radical (unpaired) electrons. The lowest BCUT2D eigenvalue weighted by Crippen LogP contribution is -2.28. The number of alkyl halides is 3. The van der Waals surface area contributed by atoms with E-state index in [2.05, 4.69) is 4.72 Å². The van der Waals surface area contributed by atoms with E-state index in [4.69, 9.17) is 21.1 Å². The molecule has 22 heavy (non-hydrogen) atoms. The van der Waals surface area contributed by atoms with Crippen LogP contribution in [0, 0.1) is 0 Å². The van der Waals surface area contributed by atoms with Crippen LogP contribution in [0.3, 0.4) is 0 Å². The van der Waals surface area contributed by atoms with Gasteiger partial charge >= 0.3 is 6.18 Å². The lowest BCUT2D eigenvalue weighted by Gasteiger charge is -2.12. The molecule has 0 unspecified atom stereocenters. The van der Waals surface area contributed by atoms with Crippen LogP contribution in [0.25, 0.3) is 0 Å². The minimum absolute atomic E-state index is 0.0547. The molecule has 0 saturated heterocycles. The summed E-state index contributed by atoms with van der Waals surface area (Å²) in [5.41, 5.74) is -1.09. The molecule has 126 valence electrons. The van der Waals surface area contributed by atoms with Crippen LogP contribution in [0.1, 0.15) is 5.56 Å². The van der Waals surface area contributed by atoms with Gasteiger partial charge in [-0.2, -0.15) is 13.2 Å². The highest BCUT2D eigenvalue weighted by Crippen LogP contribution is 2.33. The summed E-state index contributed by atoms with van der Waals surface area (Å²) in [5, 5.41) is -0.291. The third kappa shape index (κ3) is 5.73. The van der Waals surface area contributed by atoms with E-state index in [1.165, 1.54) is 7.11 Å². The van der Waals surface area contributed by atoms with Crippen LogP contribution in [0.2, 0.25) is 5.02 Å². The highest BCUT2D eigenvalue weighted by molar-refractivity contribution is 7.89. The predicted octanol–water partition coefficient (Wildman–Crippen LogP) is 2.30. The first-order valence-electron chi connectivity index (χ1n) is 6.11. The average Bonchev–Trinajstić information content (AvgIpc) is 2.41. The standard InChI is InChI=1S/C12H15ClF3NO4S/c1-20-6-7-21-5-4-17-22(18,19)11-8-9(12(14,15)16)2-3-10(11)13/h2-3,8,17H,4-7H2,1H3. The maximum absolute atomic E-state index is 12.6. The fourth-order valence-corrected chi connectivity index (χ4v) is 2.99. The Morgan fingerprint density at radius 2 is 1.91 bits per heavy atom. The van der Waals surface area contributed by atoms with E-state index in [0.717, 1.165) is 12.1 Å². The van der Waals surface area contributed by atoms with Crippen LogP contribution in [0.15, 0.2) is 23.1 Å². The third-order valence-electron chi connectivity index (χ3n) is 2.52. The molecule has 0 aliphatic heterocycles. The molecule has 0 saturated carbocycles. The molecule has 0 spiro atoms. The number of ether oxygens (including phenoxy) is 2. The van der Waals surface area contributed by atoms with Crippen LogP contribution < -0.4 is 4.72 Å². The van der Waals surface area contributed by atoms with Gasteiger partial charge in [0.2, 0.25) is 10.0 Å². The molecule has 0 bridgehead atoms. The number of nitrogens with one attached hydrogen (secondary N) is 1. The van der Waals surface area contributed by atoms with Gasteiger partial charge in [0.1, 0.15) is 4.90 Å². The van der Waals surface area contributed by atoms with Crippen molar-refractivity contribution in [3.8, 4) is 0 Å². The maximum Gasteiger partial charge on any atom is 0.416 e. The van der Waals surface area contributed by atoms with E-state index in [1.807, 2.05) is 0 Å². The van der Waals surface area contributed by atoms with Gasteiger partial charge < -0.3 is 9.47 Å². The molecular weight excluding hydrogens is 347 g/mol. The van der Waals surface area contributed by atoms with Gasteiger partial charge in [0.15, 0.2) is 0 Å². The Kier molecular flexibility index (Phi) is 7.07. The van der Waals surface area contributed by atoms with Crippen molar-refractivity contribution in [2.75, 3.05) is 33.5 Å². The van der Waals surface area contributed by atoms with Crippen molar-refractivity contribution in [3.63, 3.8) is 0 Å². The number of halogens is 4. The molecule has 1 aromatic rings. The smallest absolute Gasteiger partial charge is 0.382 e. The number of hydrogen-bond acceptors (Lipinski definition) is 4. The zero-order valence-corrected chi connectivity index (χ0v) is 13.2. The number of methoxy groups -OCH3 is 1. The molecule has 0 amide bonds. The molecule has 0 heterocycles. The van der Waals surface area contributed by atoms with Gasteiger partial charge in [-0.05, 0) is 18.2 Å². The minimum atomic E-state index is -4.65. The van der Waals surface area contributed by atoms with Crippen LogP contribution in [-0.4, -0.2) is 41.9 Å². The van der Waals surface area contributed by atoms with E-state index in [9.17, 15) is 21.6 Å². The van der Waals surface area contributed by atoms with Crippen molar-refractivity contribution in [2.24, 2.45) is 0 Å². The second-order valence-electron chi connectivity index (χ2n) is 4.15. The number of hydrogen-bond donors (Lipinski definition) is 1. The fourth-order valence-electron chi connectivity index (χ4n) is 1.46. The molecule has 10 heteroatoms. The van der Waals surface area contributed by atoms with Gasteiger partial charge in [-0.3, -0.25) is 0 Å². The Labute approximate surface area is 131 Å². The Bertz CT molecular complexity index is 593. The summed E-state index contributed by atoms with van der Waals surface area (Å²) in [6.07, 6.45) is -4.65. The topological polar surface area (TPSA) is 64.6 Å². The first-order valence-corrected chi connectivity index (χ1v) is 7.97. The molecule has 1 rings (SSSR count). The number of rotatable bonds is 8. The van der Waals surface area contributed by atoms with Crippen LogP contribution in [0.5, 0.6) is 0 Å². The summed E-state index contributed by atoms with van der Waals surface area (Å²) < 4.78 is 73.7. The SMILES string of the molecule is COCCOCCNS(=O)(=O)c1cc(C(F)(F)F)ccc1Cl. The molecule has 1 aromatic carbocycles. The molecule has 1 N–H and O–H groups in total. The Hall–Kier alpha value is -0.870. The van der Waals surface area contributed by atoms with E-state index < -0.39 is 26.7 Å². The zero-order valence-electron chi connectivity index (χ0n) is 11.6. The first-order chi connectivity index (χ1) is 10.2. The second-order valence-corrected chi connectivity index (χ2v) is 6.29. The lowest BCUT2D eigenvalue weighted by molar-refractivity contribution is -0.137. The van der Waals surface area contributed by atoms with Crippen molar-refractivity contribution in [1.82, 2.24) is 4.72 Å². The third-order valence-corrected chi connectivity index (χ3v) is 4.46. The van der Waals surface area contributed by atoms with E-state index >= 15 is 0 Å². The van der Waals surface area contributed by atoms with E-state index in [-0.39, 0.29) is 24.8 Å². The van der Waals surface area contributed by atoms with Gasteiger partial charge in [0.25, 0.3) is 0 Å². The zero-order chi connectivity index (χ0) is 16.8. The van der Waals surface area contributed by atoms with Gasteiger partial charge in [0.05, 0.1) is 30.4 Å². The van der Waals surface area contributed by atoms with Crippen molar-refractivity contribution in [1.29, 1.82) is 0 Å². The van der Waals surface area contributed by atoms with E-state index in [0.29, 0.717) is 12.7 Å². The highest BCUT2D eigenvalue weighted by Gasteiger charge is 2.32. The average molecular weight is 362 g/mol. The molecule has 0 aliphatic rings. The normalized spacial score (nSPS) is 12.6. The van der Waals surface area contributed by atoms with Gasteiger partial charge in [-0.1, -0.05) is 11.6 Å². The summed E-state index contributed by atoms with van der Waals surface area (Å²) in [4.78, 5) is -0.624.